The maximum Gasteiger partial charge on any atom is 0.259 e. The van der Waals surface area contributed by atoms with Gasteiger partial charge in [-0.05, 0) is 42.2 Å². The number of aryl methyl sites for hydroxylation is 1. The quantitative estimate of drug-likeness (QED) is 0.661. The molecule has 0 saturated heterocycles. The number of carbonyl (C=O) groups is 1. The molecule has 2 aromatic carbocycles. The Hall–Kier alpha value is -2.14. The number of amides is 1. The third kappa shape index (κ3) is 4.20. The molecule has 1 amide bonds. The van der Waals surface area contributed by atoms with E-state index in [4.69, 9.17) is 0 Å². The zero-order chi connectivity index (χ0) is 16.1. The van der Waals surface area contributed by atoms with E-state index in [-0.39, 0.29) is 5.91 Å². The summed E-state index contributed by atoms with van der Waals surface area (Å²) < 4.78 is 1.02. The Kier molecular flexibility index (Phi) is 5.08. The second-order valence-corrected chi connectivity index (χ2v) is 6.41. The van der Waals surface area contributed by atoms with Gasteiger partial charge in [0.1, 0.15) is 0 Å². The van der Waals surface area contributed by atoms with Gasteiger partial charge in [0.05, 0.1) is 12.8 Å². The lowest BCUT2D eigenvalue weighted by molar-refractivity contribution is -0.119. The van der Waals surface area contributed by atoms with Gasteiger partial charge in [-0.3, -0.25) is 4.79 Å². The first-order valence-electron chi connectivity index (χ1n) is 7.63. The van der Waals surface area contributed by atoms with Crippen LogP contribution in [0.15, 0.2) is 58.1 Å². The summed E-state index contributed by atoms with van der Waals surface area (Å²) in [4.78, 5) is 14.2. The molecular weight excluding hydrogens is 354 g/mol. The van der Waals surface area contributed by atoms with Crippen LogP contribution in [0.4, 0.5) is 5.69 Å². The first kappa shape index (κ1) is 15.7. The van der Waals surface area contributed by atoms with Crippen LogP contribution in [-0.4, -0.2) is 25.2 Å². The van der Waals surface area contributed by atoms with Crippen molar-refractivity contribution in [3.05, 3.63) is 64.1 Å². The monoisotopic (exact) mass is 371 g/mol. The molecule has 0 aliphatic carbocycles. The molecule has 118 valence electrons. The molecule has 0 saturated carbocycles. The summed E-state index contributed by atoms with van der Waals surface area (Å²) in [6, 6.07) is 16.0. The zero-order valence-corrected chi connectivity index (χ0v) is 14.3. The van der Waals surface area contributed by atoms with Gasteiger partial charge in [-0.15, -0.1) is 0 Å². The van der Waals surface area contributed by atoms with E-state index in [1.807, 2.05) is 36.4 Å². The molecule has 5 heteroatoms. The topological polar surface area (TPSA) is 44.7 Å². The maximum atomic E-state index is 12.1. The standard InChI is InChI=1S/C18H18BrN3O/c19-16-9-7-14(8-10-16)12-20-21-18(23)13-22-11-3-5-15-4-1-2-6-17(15)22/h1-2,4,6-10,12H,3,5,11,13H2,(H,21,23)/b20-12+. The number of benzene rings is 2. The highest BCUT2D eigenvalue weighted by molar-refractivity contribution is 9.10. The minimum absolute atomic E-state index is 0.102. The number of halogens is 1. The number of anilines is 1. The van der Waals surface area contributed by atoms with Crippen molar-refractivity contribution >= 4 is 33.7 Å². The molecule has 1 aliphatic rings. The minimum atomic E-state index is -0.102. The normalized spacial score (nSPS) is 13.9. The fourth-order valence-electron chi connectivity index (χ4n) is 2.71. The van der Waals surface area contributed by atoms with Gasteiger partial charge in [0, 0.05) is 16.7 Å². The van der Waals surface area contributed by atoms with Crippen molar-refractivity contribution in [2.75, 3.05) is 18.0 Å². The molecule has 4 nitrogen and oxygen atoms in total. The summed E-state index contributed by atoms with van der Waals surface area (Å²) in [5.41, 5.74) is 6.01. The molecule has 0 aromatic heterocycles. The van der Waals surface area contributed by atoms with Crippen molar-refractivity contribution in [2.45, 2.75) is 12.8 Å². The highest BCUT2D eigenvalue weighted by Gasteiger charge is 2.18. The molecule has 3 rings (SSSR count). The molecule has 2 aromatic rings. The lowest BCUT2D eigenvalue weighted by Gasteiger charge is -2.30. The van der Waals surface area contributed by atoms with Gasteiger partial charge >= 0.3 is 0 Å². The highest BCUT2D eigenvalue weighted by atomic mass is 79.9. The molecule has 0 spiro atoms. The molecule has 0 atom stereocenters. The predicted octanol–water partition coefficient (Wildman–Crippen LogP) is 3.35. The van der Waals surface area contributed by atoms with E-state index in [1.165, 1.54) is 5.56 Å². The van der Waals surface area contributed by atoms with Crippen molar-refractivity contribution in [3.63, 3.8) is 0 Å². The van der Waals surface area contributed by atoms with Gasteiger partial charge < -0.3 is 4.90 Å². The summed E-state index contributed by atoms with van der Waals surface area (Å²) in [5, 5.41) is 4.03. The molecular formula is C18H18BrN3O. The van der Waals surface area contributed by atoms with Crippen molar-refractivity contribution < 1.29 is 4.79 Å². The highest BCUT2D eigenvalue weighted by Crippen LogP contribution is 2.26. The third-order valence-corrected chi connectivity index (χ3v) is 4.34. The fraction of sp³-hybridized carbons (Fsp3) is 0.222. The van der Waals surface area contributed by atoms with Crippen molar-refractivity contribution in [3.8, 4) is 0 Å². The minimum Gasteiger partial charge on any atom is -0.362 e. The van der Waals surface area contributed by atoms with Crippen LogP contribution in [0.5, 0.6) is 0 Å². The van der Waals surface area contributed by atoms with Crippen LogP contribution >= 0.6 is 15.9 Å². The third-order valence-electron chi connectivity index (χ3n) is 3.81. The molecule has 0 radical (unpaired) electrons. The van der Waals surface area contributed by atoms with E-state index in [2.05, 4.69) is 43.5 Å². The Morgan fingerprint density at radius 1 is 1.22 bits per heavy atom. The van der Waals surface area contributed by atoms with Gasteiger partial charge in [-0.25, -0.2) is 5.43 Å². The maximum absolute atomic E-state index is 12.1. The first-order valence-corrected chi connectivity index (χ1v) is 8.42. The molecule has 1 N–H and O–H groups in total. The van der Waals surface area contributed by atoms with E-state index in [0.717, 1.165) is 35.1 Å². The van der Waals surface area contributed by atoms with Gasteiger partial charge in [-0.2, -0.15) is 5.10 Å². The summed E-state index contributed by atoms with van der Waals surface area (Å²) >= 11 is 3.39. The largest absolute Gasteiger partial charge is 0.362 e. The number of hydrogen-bond acceptors (Lipinski definition) is 3. The number of para-hydroxylation sites is 1. The average Bonchev–Trinajstić information content (AvgIpc) is 2.57. The molecule has 0 bridgehead atoms. The summed E-state index contributed by atoms with van der Waals surface area (Å²) in [7, 11) is 0. The van der Waals surface area contributed by atoms with Crippen LogP contribution in [-0.2, 0) is 11.2 Å². The smallest absolute Gasteiger partial charge is 0.259 e. The van der Waals surface area contributed by atoms with E-state index >= 15 is 0 Å². The summed E-state index contributed by atoms with van der Waals surface area (Å²) in [5.74, 6) is -0.102. The molecule has 0 fully saturated rings. The lowest BCUT2D eigenvalue weighted by Crippen LogP contribution is -2.38. The SMILES string of the molecule is O=C(CN1CCCc2ccccc21)N/N=C/c1ccc(Br)cc1. The molecule has 0 unspecified atom stereocenters. The first-order chi connectivity index (χ1) is 11.2. The summed E-state index contributed by atoms with van der Waals surface area (Å²) in [6.07, 6.45) is 3.80. The summed E-state index contributed by atoms with van der Waals surface area (Å²) in [6.45, 7) is 1.23. The predicted molar refractivity (Wildman–Crippen MR) is 96.9 cm³/mol. The van der Waals surface area contributed by atoms with Crippen LogP contribution in [0.3, 0.4) is 0 Å². The molecule has 1 heterocycles. The van der Waals surface area contributed by atoms with Crippen LogP contribution < -0.4 is 10.3 Å². The van der Waals surface area contributed by atoms with E-state index in [9.17, 15) is 4.79 Å². The van der Waals surface area contributed by atoms with Crippen LogP contribution in [0.2, 0.25) is 0 Å². The second-order valence-electron chi connectivity index (χ2n) is 5.50. The Morgan fingerprint density at radius 2 is 2.00 bits per heavy atom. The van der Waals surface area contributed by atoms with Crippen LogP contribution in [0.25, 0.3) is 0 Å². The Balaban J connectivity index is 1.57. The Morgan fingerprint density at radius 3 is 2.83 bits per heavy atom. The lowest BCUT2D eigenvalue weighted by atomic mass is 10.0. The Labute approximate surface area is 144 Å². The van der Waals surface area contributed by atoms with E-state index < -0.39 is 0 Å². The van der Waals surface area contributed by atoms with Gasteiger partial charge in [0.2, 0.25) is 0 Å². The van der Waals surface area contributed by atoms with Gasteiger partial charge in [0.25, 0.3) is 5.91 Å². The molecule has 23 heavy (non-hydrogen) atoms. The van der Waals surface area contributed by atoms with Crippen molar-refractivity contribution in [2.24, 2.45) is 5.10 Å². The van der Waals surface area contributed by atoms with Crippen molar-refractivity contribution in [1.29, 1.82) is 0 Å². The number of nitrogens with one attached hydrogen (secondary N) is 1. The average molecular weight is 372 g/mol. The van der Waals surface area contributed by atoms with Crippen molar-refractivity contribution in [1.82, 2.24) is 5.43 Å². The number of carbonyl (C=O) groups excluding carboxylic acids is 1. The van der Waals surface area contributed by atoms with Crippen LogP contribution in [0.1, 0.15) is 17.5 Å². The number of nitrogens with zero attached hydrogens (tertiary/aromatic N) is 2. The van der Waals surface area contributed by atoms with Gasteiger partial charge in [0.15, 0.2) is 0 Å². The van der Waals surface area contributed by atoms with Crippen LogP contribution in [0, 0.1) is 0 Å². The van der Waals surface area contributed by atoms with Gasteiger partial charge in [-0.1, -0.05) is 46.3 Å². The zero-order valence-electron chi connectivity index (χ0n) is 12.7. The second kappa shape index (κ2) is 7.42. The molecule has 1 aliphatic heterocycles. The number of rotatable bonds is 4. The van der Waals surface area contributed by atoms with E-state index in [1.54, 1.807) is 6.21 Å². The number of hydrogen-bond donors (Lipinski definition) is 1. The number of hydrazone groups is 1. The Bertz CT molecular complexity index is 712. The fourth-order valence-corrected chi connectivity index (χ4v) is 2.98. The number of fused-ring (bicyclic) bond motifs is 1. The van der Waals surface area contributed by atoms with E-state index in [0.29, 0.717) is 6.54 Å².